The fourth-order valence-corrected chi connectivity index (χ4v) is 1.80. The number of hydrogen-bond acceptors (Lipinski definition) is 3. The van der Waals surface area contributed by atoms with E-state index < -0.39 is 12.1 Å². The summed E-state index contributed by atoms with van der Waals surface area (Å²) in [6, 6.07) is 6.35. The molecule has 0 aliphatic rings. The summed E-state index contributed by atoms with van der Waals surface area (Å²) in [5.41, 5.74) is 4.93. The largest absolute Gasteiger partial charge is 0.481 e. The zero-order chi connectivity index (χ0) is 15.7. The van der Waals surface area contributed by atoms with Crippen LogP contribution in [0.25, 0.3) is 0 Å². The molecular weight excluding hydrogens is 294 g/mol. The topological polar surface area (TPSA) is 93.4 Å². The molecule has 1 aromatic rings. The molecule has 4 N–H and O–H groups in total. The van der Waals surface area contributed by atoms with Gasteiger partial charge in [-0.05, 0) is 38.0 Å². The van der Waals surface area contributed by atoms with E-state index in [0.717, 1.165) is 12.8 Å². The maximum Gasteiger partial charge on any atom is 0.312 e. The monoisotopic (exact) mass is 313 g/mol. The van der Waals surface area contributed by atoms with Gasteiger partial charge in [-0.15, -0.1) is 0 Å². The van der Waals surface area contributed by atoms with E-state index in [1.165, 1.54) is 0 Å². The molecule has 0 bridgehead atoms. The average molecular weight is 314 g/mol. The lowest BCUT2D eigenvalue weighted by atomic mass is 10.3. The van der Waals surface area contributed by atoms with E-state index in [1.807, 2.05) is 0 Å². The molecule has 7 heteroatoms. The van der Waals surface area contributed by atoms with Crippen molar-refractivity contribution in [3.05, 3.63) is 29.3 Å². The molecule has 0 fully saturated rings. The number of carbonyl (C=O) groups is 2. The van der Waals surface area contributed by atoms with Crippen molar-refractivity contribution in [1.82, 2.24) is 10.6 Å². The van der Waals surface area contributed by atoms with Crippen LogP contribution in [0.15, 0.2) is 24.3 Å². The molecule has 0 radical (unpaired) electrons. The molecule has 1 atom stereocenters. The Labute approximate surface area is 129 Å². The van der Waals surface area contributed by atoms with Crippen molar-refractivity contribution in [2.75, 3.05) is 13.1 Å². The second kappa shape index (κ2) is 9.07. The minimum absolute atomic E-state index is 0.196. The first-order valence-corrected chi connectivity index (χ1v) is 7.10. The number of rotatable bonds is 8. The minimum Gasteiger partial charge on any atom is -0.481 e. The first kappa shape index (κ1) is 17.1. The molecule has 3 amide bonds. The number of hydrogen-bond donors (Lipinski definition) is 3. The molecule has 1 aromatic carbocycles. The molecule has 21 heavy (non-hydrogen) atoms. The van der Waals surface area contributed by atoms with Crippen molar-refractivity contribution in [2.45, 2.75) is 25.9 Å². The maximum atomic E-state index is 11.8. The van der Waals surface area contributed by atoms with Gasteiger partial charge in [0.2, 0.25) is 0 Å². The lowest BCUT2D eigenvalue weighted by Gasteiger charge is -2.14. The number of nitrogens with two attached hydrogens (primary N) is 1. The number of unbranched alkanes of at least 4 members (excludes halogenated alkanes) is 1. The Bertz CT molecular complexity index is 482. The number of halogens is 1. The van der Waals surface area contributed by atoms with Gasteiger partial charge in [-0.25, -0.2) is 4.79 Å². The highest BCUT2D eigenvalue weighted by molar-refractivity contribution is 6.30. The van der Waals surface area contributed by atoms with E-state index in [0.29, 0.717) is 23.9 Å². The average Bonchev–Trinajstić information content (AvgIpc) is 2.42. The maximum absolute atomic E-state index is 11.8. The second-order valence-electron chi connectivity index (χ2n) is 4.51. The van der Waals surface area contributed by atoms with Gasteiger partial charge in [-0.2, -0.15) is 0 Å². The highest BCUT2D eigenvalue weighted by Crippen LogP contribution is 2.18. The Morgan fingerprint density at radius 1 is 1.29 bits per heavy atom. The van der Waals surface area contributed by atoms with Crippen LogP contribution < -0.4 is 21.1 Å². The van der Waals surface area contributed by atoms with E-state index in [4.69, 9.17) is 22.1 Å². The highest BCUT2D eigenvalue weighted by atomic mass is 35.5. The van der Waals surface area contributed by atoms with Crippen molar-refractivity contribution in [3.8, 4) is 5.75 Å². The molecule has 0 unspecified atom stereocenters. The van der Waals surface area contributed by atoms with Crippen molar-refractivity contribution >= 4 is 23.5 Å². The van der Waals surface area contributed by atoms with Crippen LogP contribution in [0, 0.1) is 0 Å². The third-order valence-electron chi connectivity index (χ3n) is 2.68. The molecule has 0 aliphatic heterocycles. The van der Waals surface area contributed by atoms with Gasteiger partial charge >= 0.3 is 6.03 Å². The van der Waals surface area contributed by atoms with Crippen molar-refractivity contribution in [3.63, 3.8) is 0 Å². The van der Waals surface area contributed by atoms with Gasteiger partial charge in [0.25, 0.3) is 5.91 Å². The summed E-state index contributed by atoms with van der Waals surface area (Å²) in [5, 5.41) is 5.81. The third-order valence-corrected chi connectivity index (χ3v) is 2.92. The van der Waals surface area contributed by atoms with Crippen LogP contribution in [0.1, 0.15) is 19.8 Å². The van der Waals surface area contributed by atoms with Crippen molar-refractivity contribution in [1.29, 1.82) is 0 Å². The van der Waals surface area contributed by atoms with Crippen LogP contribution in [0.4, 0.5) is 4.79 Å². The Hall–Kier alpha value is -1.95. The van der Waals surface area contributed by atoms with Crippen LogP contribution in [0.2, 0.25) is 5.02 Å². The van der Waals surface area contributed by atoms with Gasteiger partial charge < -0.3 is 21.1 Å². The summed E-state index contributed by atoms with van der Waals surface area (Å²) >= 11 is 5.84. The molecule has 0 saturated carbocycles. The fraction of sp³-hybridized carbons (Fsp3) is 0.429. The first-order valence-electron chi connectivity index (χ1n) is 6.72. The molecule has 0 saturated heterocycles. The van der Waals surface area contributed by atoms with E-state index in [1.54, 1.807) is 31.2 Å². The van der Waals surface area contributed by atoms with E-state index in [-0.39, 0.29) is 5.91 Å². The molecule has 0 aliphatic carbocycles. The summed E-state index contributed by atoms with van der Waals surface area (Å²) < 4.78 is 5.50. The number of benzene rings is 1. The van der Waals surface area contributed by atoms with Crippen molar-refractivity contribution in [2.24, 2.45) is 5.73 Å². The molecule has 116 valence electrons. The summed E-state index contributed by atoms with van der Waals surface area (Å²) in [7, 11) is 0. The second-order valence-corrected chi connectivity index (χ2v) is 4.94. The van der Waals surface area contributed by atoms with Crippen LogP contribution in [-0.4, -0.2) is 31.1 Å². The number of urea groups is 1. The Kier molecular flexibility index (Phi) is 7.39. The van der Waals surface area contributed by atoms with Gasteiger partial charge in [0.15, 0.2) is 6.10 Å². The Morgan fingerprint density at radius 2 is 1.95 bits per heavy atom. The SMILES string of the molecule is C[C@H](Oc1cccc(Cl)c1)C(=O)NCCCCNC(N)=O. The molecule has 0 spiro atoms. The normalized spacial score (nSPS) is 11.5. The van der Waals surface area contributed by atoms with Gasteiger partial charge in [0.1, 0.15) is 5.75 Å². The molecule has 1 rings (SSSR count). The van der Waals surface area contributed by atoms with Crippen LogP contribution in [0.3, 0.4) is 0 Å². The molecule has 0 heterocycles. The zero-order valence-corrected chi connectivity index (χ0v) is 12.7. The van der Waals surface area contributed by atoms with Gasteiger partial charge in [0, 0.05) is 18.1 Å². The smallest absolute Gasteiger partial charge is 0.312 e. The Balaban J connectivity index is 2.21. The van der Waals surface area contributed by atoms with E-state index in [9.17, 15) is 9.59 Å². The van der Waals surface area contributed by atoms with Crippen LogP contribution >= 0.6 is 11.6 Å². The first-order chi connectivity index (χ1) is 9.99. The number of primary amides is 1. The summed E-state index contributed by atoms with van der Waals surface area (Å²) in [6.45, 7) is 2.69. The lowest BCUT2D eigenvalue weighted by Crippen LogP contribution is -2.37. The predicted molar refractivity (Wildman–Crippen MR) is 81.4 cm³/mol. The third kappa shape index (κ3) is 7.41. The standard InChI is InChI=1S/C14H20ClN3O3/c1-10(21-12-6-4-5-11(15)9-12)13(19)17-7-2-3-8-18-14(16)20/h4-6,9-10H,2-3,7-8H2,1H3,(H,17,19)(H3,16,18,20)/t10-/m0/s1. The van der Waals surface area contributed by atoms with Gasteiger partial charge in [-0.3, -0.25) is 4.79 Å². The quantitative estimate of drug-likeness (QED) is 0.637. The number of ether oxygens (including phenoxy) is 1. The fourth-order valence-electron chi connectivity index (χ4n) is 1.61. The Morgan fingerprint density at radius 3 is 2.57 bits per heavy atom. The number of nitrogens with one attached hydrogen (secondary N) is 2. The summed E-state index contributed by atoms with van der Waals surface area (Å²) in [5.74, 6) is 0.355. The van der Waals surface area contributed by atoms with E-state index in [2.05, 4.69) is 10.6 Å². The number of amides is 3. The molecule has 6 nitrogen and oxygen atoms in total. The van der Waals surface area contributed by atoms with Crippen molar-refractivity contribution < 1.29 is 14.3 Å². The zero-order valence-electron chi connectivity index (χ0n) is 11.9. The van der Waals surface area contributed by atoms with E-state index >= 15 is 0 Å². The van der Waals surface area contributed by atoms with Crippen LogP contribution in [0.5, 0.6) is 5.75 Å². The van der Waals surface area contributed by atoms with Gasteiger partial charge in [0.05, 0.1) is 0 Å². The minimum atomic E-state index is -0.604. The van der Waals surface area contributed by atoms with Crippen LogP contribution in [-0.2, 0) is 4.79 Å². The highest BCUT2D eigenvalue weighted by Gasteiger charge is 2.13. The van der Waals surface area contributed by atoms with Gasteiger partial charge in [-0.1, -0.05) is 17.7 Å². The molecular formula is C14H20ClN3O3. The lowest BCUT2D eigenvalue weighted by molar-refractivity contribution is -0.127. The number of carbonyl (C=O) groups excluding carboxylic acids is 2. The summed E-state index contributed by atoms with van der Waals surface area (Å²) in [6.07, 6.45) is 0.884. The predicted octanol–water partition coefficient (Wildman–Crippen LogP) is 1.67. The summed E-state index contributed by atoms with van der Waals surface area (Å²) in [4.78, 5) is 22.3. The molecule has 0 aromatic heterocycles.